The van der Waals surface area contributed by atoms with E-state index >= 15 is 0 Å². The Hall–Kier alpha value is -1.46. The third kappa shape index (κ3) is 2.66. The molecule has 3 aromatic rings. The van der Waals surface area contributed by atoms with Crippen LogP contribution in [0.3, 0.4) is 0 Å². The Morgan fingerprint density at radius 1 is 1.13 bits per heavy atom. The lowest BCUT2D eigenvalue weighted by atomic mass is 10.2. The monoisotopic (exact) mass is 376 g/mol. The number of aromatic nitrogens is 1. The Kier molecular flexibility index (Phi) is 3.85. The molecule has 0 spiro atoms. The molecule has 6 heteroatoms. The molecule has 0 fully saturated rings. The summed E-state index contributed by atoms with van der Waals surface area (Å²) in [5, 5.41) is 3.25. The van der Waals surface area contributed by atoms with Crippen molar-refractivity contribution in [2.45, 2.75) is 6.54 Å². The molecule has 0 aliphatic carbocycles. The summed E-state index contributed by atoms with van der Waals surface area (Å²) < 4.78 is 0. The normalized spacial score (nSPS) is 13.5. The molecule has 2 aromatic heterocycles. The number of thiophene rings is 1. The highest BCUT2D eigenvalue weighted by Crippen LogP contribution is 2.35. The third-order valence-electron chi connectivity index (χ3n) is 3.73. The summed E-state index contributed by atoms with van der Waals surface area (Å²) in [6, 6.07) is 13.6. The van der Waals surface area contributed by atoms with E-state index in [1.165, 1.54) is 0 Å². The SMILES string of the molecule is S=C1c2ccc(-c3cccs3)nc2CN1c1ccc(Cl)cc1Cl. The summed E-state index contributed by atoms with van der Waals surface area (Å²) in [5.41, 5.74) is 3.81. The van der Waals surface area contributed by atoms with Gasteiger partial charge in [-0.05, 0) is 41.8 Å². The van der Waals surface area contributed by atoms with Crippen LogP contribution in [-0.4, -0.2) is 9.97 Å². The predicted octanol–water partition coefficient (Wildman–Crippen LogP) is 5.81. The van der Waals surface area contributed by atoms with E-state index in [0.29, 0.717) is 16.6 Å². The minimum absolute atomic E-state index is 0.589. The molecule has 0 bridgehead atoms. The van der Waals surface area contributed by atoms with E-state index in [1.54, 1.807) is 17.4 Å². The van der Waals surface area contributed by atoms with Gasteiger partial charge in [-0.1, -0.05) is 41.5 Å². The van der Waals surface area contributed by atoms with Crippen molar-refractivity contribution in [3.05, 3.63) is 69.1 Å². The van der Waals surface area contributed by atoms with Crippen LogP contribution in [0.15, 0.2) is 47.8 Å². The quantitative estimate of drug-likeness (QED) is 0.524. The first-order chi connectivity index (χ1) is 11.1. The van der Waals surface area contributed by atoms with Crippen molar-refractivity contribution in [1.29, 1.82) is 0 Å². The molecule has 0 atom stereocenters. The molecule has 0 amide bonds. The largest absolute Gasteiger partial charge is 0.325 e. The van der Waals surface area contributed by atoms with Crippen LogP contribution in [0.2, 0.25) is 10.0 Å². The van der Waals surface area contributed by atoms with E-state index in [4.69, 9.17) is 40.4 Å². The second kappa shape index (κ2) is 5.87. The van der Waals surface area contributed by atoms with Crippen LogP contribution in [-0.2, 0) is 6.54 Å². The number of hydrogen-bond donors (Lipinski definition) is 0. The van der Waals surface area contributed by atoms with Gasteiger partial charge in [0, 0.05) is 10.6 Å². The molecule has 114 valence electrons. The van der Waals surface area contributed by atoms with Gasteiger partial charge in [0.15, 0.2) is 0 Å². The molecular weight excluding hydrogens is 367 g/mol. The van der Waals surface area contributed by atoms with Gasteiger partial charge in [0.1, 0.15) is 4.99 Å². The minimum atomic E-state index is 0.589. The number of halogens is 2. The van der Waals surface area contributed by atoms with E-state index in [1.807, 2.05) is 35.2 Å². The smallest absolute Gasteiger partial charge is 0.115 e. The molecule has 4 rings (SSSR count). The van der Waals surface area contributed by atoms with Crippen molar-refractivity contribution < 1.29 is 0 Å². The topological polar surface area (TPSA) is 16.1 Å². The summed E-state index contributed by atoms with van der Waals surface area (Å²) in [4.78, 5) is 8.68. The van der Waals surface area contributed by atoms with Gasteiger partial charge in [-0.3, -0.25) is 0 Å². The second-order valence-electron chi connectivity index (χ2n) is 5.16. The Balaban J connectivity index is 1.73. The summed E-state index contributed by atoms with van der Waals surface area (Å²) in [7, 11) is 0. The van der Waals surface area contributed by atoms with Gasteiger partial charge < -0.3 is 4.90 Å². The standard InChI is InChI=1S/C17H10Cl2N2S2/c18-10-3-6-15(12(19)8-10)21-9-14-11(17(21)22)4-5-13(20-14)16-2-1-7-23-16/h1-8H,9H2. The first-order valence-electron chi connectivity index (χ1n) is 6.94. The van der Waals surface area contributed by atoms with E-state index < -0.39 is 0 Å². The number of rotatable bonds is 2. The highest BCUT2D eigenvalue weighted by Gasteiger charge is 2.28. The van der Waals surface area contributed by atoms with Crippen molar-refractivity contribution in [2.75, 3.05) is 4.90 Å². The Morgan fingerprint density at radius 3 is 2.74 bits per heavy atom. The molecule has 0 unspecified atom stereocenters. The number of thiocarbonyl (C=S) groups is 1. The van der Waals surface area contributed by atoms with Gasteiger partial charge in [-0.25, -0.2) is 4.98 Å². The Labute approximate surface area is 153 Å². The molecule has 1 aliphatic heterocycles. The van der Waals surface area contributed by atoms with Gasteiger partial charge in [0.05, 0.1) is 33.5 Å². The van der Waals surface area contributed by atoms with Crippen LogP contribution in [0.4, 0.5) is 5.69 Å². The molecule has 3 heterocycles. The maximum absolute atomic E-state index is 6.33. The fourth-order valence-corrected chi connectivity index (χ4v) is 4.19. The highest BCUT2D eigenvalue weighted by atomic mass is 35.5. The maximum Gasteiger partial charge on any atom is 0.115 e. The number of hydrogen-bond acceptors (Lipinski definition) is 3. The summed E-state index contributed by atoms with van der Waals surface area (Å²) in [6.07, 6.45) is 0. The zero-order chi connectivity index (χ0) is 16.0. The van der Waals surface area contributed by atoms with Gasteiger partial charge in [-0.15, -0.1) is 11.3 Å². The zero-order valence-corrected chi connectivity index (χ0v) is 14.9. The van der Waals surface area contributed by atoms with Crippen LogP contribution in [0.1, 0.15) is 11.3 Å². The first kappa shape index (κ1) is 15.1. The second-order valence-corrected chi connectivity index (χ2v) is 7.33. The lowest BCUT2D eigenvalue weighted by Crippen LogP contribution is -2.22. The zero-order valence-electron chi connectivity index (χ0n) is 11.8. The van der Waals surface area contributed by atoms with E-state index in [-0.39, 0.29) is 0 Å². The van der Waals surface area contributed by atoms with Gasteiger partial charge in [-0.2, -0.15) is 0 Å². The molecule has 1 aromatic carbocycles. The fraction of sp³-hybridized carbons (Fsp3) is 0.0588. The molecule has 23 heavy (non-hydrogen) atoms. The van der Waals surface area contributed by atoms with Crippen LogP contribution in [0.5, 0.6) is 0 Å². The molecular formula is C17H10Cl2N2S2. The molecule has 0 radical (unpaired) electrons. The molecule has 2 nitrogen and oxygen atoms in total. The number of benzene rings is 1. The van der Waals surface area contributed by atoms with Gasteiger partial charge in [0.25, 0.3) is 0 Å². The summed E-state index contributed by atoms with van der Waals surface area (Å²) in [6.45, 7) is 0.620. The average Bonchev–Trinajstić information content (AvgIpc) is 3.16. The van der Waals surface area contributed by atoms with Crippen molar-refractivity contribution >= 4 is 57.4 Å². The van der Waals surface area contributed by atoms with Crippen molar-refractivity contribution in [1.82, 2.24) is 4.98 Å². The maximum atomic E-state index is 6.33. The fourth-order valence-electron chi connectivity index (χ4n) is 2.64. The Morgan fingerprint density at radius 2 is 2.00 bits per heavy atom. The first-order valence-corrected chi connectivity index (χ1v) is 8.98. The predicted molar refractivity (Wildman–Crippen MR) is 102 cm³/mol. The third-order valence-corrected chi connectivity index (χ3v) is 5.60. The van der Waals surface area contributed by atoms with Crippen molar-refractivity contribution in [2.24, 2.45) is 0 Å². The summed E-state index contributed by atoms with van der Waals surface area (Å²) >= 11 is 19.6. The lowest BCUT2D eigenvalue weighted by Gasteiger charge is -2.19. The molecule has 1 aliphatic rings. The van der Waals surface area contributed by atoms with Crippen LogP contribution in [0.25, 0.3) is 10.6 Å². The molecule has 0 N–H and O–H groups in total. The van der Waals surface area contributed by atoms with E-state index in [9.17, 15) is 0 Å². The van der Waals surface area contributed by atoms with E-state index in [0.717, 1.165) is 32.5 Å². The molecule has 0 saturated heterocycles. The van der Waals surface area contributed by atoms with Gasteiger partial charge >= 0.3 is 0 Å². The molecule has 0 saturated carbocycles. The van der Waals surface area contributed by atoms with Gasteiger partial charge in [0.2, 0.25) is 0 Å². The number of fused-ring (bicyclic) bond motifs is 1. The number of anilines is 1. The van der Waals surface area contributed by atoms with Crippen molar-refractivity contribution in [3.63, 3.8) is 0 Å². The van der Waals surface area contributed by atoms with Crippen LogP contribution < -0.4 is 4.90 Å². The highest BCUT2D eigenvalue weighted by molar-refractivity contribution is 7.81. The summed E-state index contributed by atoms with van der Waals surface area (Å²) in [5.74, 6) is 0. The van der Waals surface area contributed by atoms with Crippen LogP contribution >= 0.6 is 46.8 Å². The number of pyridine rings is 1. The lowest BCUT2D eigenvalue weighted by molar-refractivity contribution is 1.00. The van der Waals surface area contributed by atoms with E-state index in [2.05, 4.69) is 11.4 Å². The average molecular weight is 377 g/mol. The van der Waals surface area contributed by atoms with Crippen LogP contribution in [0, 0.1) is 0 Å². The number of nitrogens with zero attached hydrogens (tertiary/aromatic N) is 2. The minimum Gasteiger partial charge on any atom is -0.325 e. The van der Waals surface area contributed by atoms with Crippen molar-refractivity contribution in [3.8, 4) is 10.6 Å². The Bertz CT molecular complexity index is 907.